The first-order chi connectivity index (χ1) is 9.92. The second-order valence-electron chi connectivity index (χ2n) is 5.36. The molecule has 0 aromatic heterocycles. The van der Waals surface area contributed by atoms with Gasteiger partial charge in [0.05, 0.1) is 10.6 Å². The Kier molecular flexibility index (Phi) is 7.22. The average molecular weight is 311 g/mol. The van der Waals surface area contributed by atoms with Crippen LogP contribution in [0.2, 0.25) is 0 Å². The lowest BCUT2D eigenvalue weighted by Crippen LogP contribution is -2.33. The SMILES string of the molecule is CC(C)CCNC(N)=NCCCS(=O)(=O)c1ccccc1. The summed E-state index contributed by atoms with van der Waals surface area (Å²) >= 11 is 0. The minimum Gasteiger partial charge on any atom is -0.370 e. The first-order valence-corrected chi connectivity index (χ1v) is 8.88. The monoisotopic (exact) mass is 311 g/mol. The van der Waals surface area contributed by atoms with Gasteiger partial charge in [-0.05, 0) is 30.9 Å². The van der Waals surface area contributed by atoms with Crippen LogP contribution in [0.1, 0.15) is 26.7 Å². The molecule has 0 fully saturated rings. The van der Waals surface area contributed by atoms with Gasteiger partial charge >= 0.3 is 0 Å². The molecular formula is C15H25N3O2S. The predicted octanol–water partition coefficient (Wildman–Crippen LogP) is 1.80. The first kappa shape index (κ1) is 17.5. The van der Waals surface area contributed by atoms with E-state index in [9.17, 15) is 8.42 Å². The molecule has 0 unspecified atom stereocenters. The van der Waals surface area contributed by atoms with Crippen LogP contribution in [0.5, 0.6) is 0 Å². The summed E-state index contributed by atoms with van der Waals surface area (Å²) in [7, 11) is -3.22. The van der Waals surface area contributed by atoms with Gasteiger partial charge in [0.25, 0.3) is 0 Å². The molecule has 0 atom stereocenters. The number of hydrogen-bond donors (Lipinski definition) is 2. The third-order valence-corrected chi connectivity index (χ3v) is 4.80. The van der Waals surface area contributed by atoms with Crippen LogP contribution in [0, 0.1) is 5.92 Å². The van der Waals surface area contributed by atoms with Crippen LogP contribution in [-0.4, -0.2) is 33.2 Å². The molecular weight excluding hydrogens is 286 g/mol. The maximum absolute atomic E-state index is 12.0. The Morgan fingerprint density at radius 3 is 2.57 bits per heavy atom. The van der Waals surface area contributed by atoms with E-state index in [1.807, 2.05) is 0 Å². The number of nitrogens with two attached hydrogens (primary N) is 1. The van der Waals surface area contributed by atoms with E-state index in [0.29, 0.717) is 29.7 Å². The molecule has 0 saturated carbocycles. The van der Waals surface area contributed by atoms with Crippen molar-refractivity contribution < 1.29 is 8.42 Å². The Hall–Kier alpha value is -1.56. The highest BCUT2D eigenvalue weighted by molar-refractivity contribution is 7.91. The van der Waals surface area contributed by atoms with E-state index in [4.69, 9.17) is 5.73 Å². The average Bonchev–Trinajstić information content (AvgIpc) is 2.44. The van der Waals surface area contributed by atoms with Gasteiger partial charge in [0, 0.05) is 13.1 Å². The van der Waals surface area contributed by atoms with Gasteiger partial charge in [-0.2, -0.15) is 0 Å². The lowest BCUT2D eigenvalue weighted by molar-refractivity contribution is 0.576. The normalized spacial score (nSPS) is 12.6. The molecule has 1 aromatic rings. The fraction of sp³-hybridized carbons (Fsp3) is 0.533. The summed E-state index contributed by atoms with van der Waals surface area (Å²) in [6, 6.07) is 8.47. The quantitative estimate of drug-likeness (QED) is 0.435. The largest absolute Gasteiger partial charge is 0.370 e. The second kappa shape index (κ2) is 8.67. The summed E-state index contributed by atoms with van der Waals surface area (Å²) < 4.78 is 24.1. The standard InChI is InChI=1S/C15H25N3O2S/c1-13(2)9-11-18-15(16)17-10-6-12-21(19,20)14-7-4-3-5-8-14/h3-5,7-8,13H,6,9-12H2,1-2H3,(H3,16,17,18). The summed E-state index contributed by atoms with van der Waals surface area (Å²) in [6.07, 6.45) is 1.49. The van der Waals surface area contributed by atoms with Crippen LogP contribution in [0.15, 0.2) is 40.2 Å². The number of rotatable bonds is 8. The highest BCUT2D eigenvalue weighted by Gasteiger charge is 2.12. The van der Waals surface area contributed by atoms with Crippen LogP contribution in [0.4, 0.5) is 0 Å². The summed E-state index contributed by atoms with van der Waals surface area (Å²) in [5.41, 5.74) is 5.71. The molecule has 0 saturated heterocycles. The third-order valence-electron chi connectivity index (χ3n) is 2.98. The van der Waals surface area contributed by atoms with Gasteiger partial charge in [0.2, 0.25) is 0 Å². The van der Waals surface area contributed by atoms with Gasteiger partial charge in [-0.1, -0.05) is 32.0 Å². The number of benzene rings is 1. The van der Waals surface area contributed by atoms with Crippen LogP contribution in [-0.2, 0) is 9.84 Å². The van der Waals surface area contributed by atoms with Crippen molar-refractivity contribution in [3.05, 3.63) is 30.3 Å². The molecule has 0 spiro atoms. The van der Waals surface area contributed by atoms with Gasteiger partial charge in [-0.15, -0.1) is 0 Å². The van der Waals surface area contributed by atoms with E-state index in [-0.39, 0.29) is 5.75 Å². The molecule has 5 nitrogen and oxygen atoms in total. The lowest BCUT2D eigenvalue weighted by atomic mass is 10.1. The number of hydrogen-bond acceptors (Lipinski definition) is 3. The van der Waals surface area contributed by atoms with Gasteiger partial charge in [0.1, 0.15) is 0 Å². The number of guanidine groups is 1. The smallest absolute Gasteiger partial charge is 0.188 e. The summed E-state index contributed by atoms with van der Waals surface area (Å²) in [4.78, 5) is 4.49. The topological polar surface area (TPSA) is 84.5 Å². The number of nitrogens with zero attached hydrogens (tertiary/aromatic N) is 1. The highest BCUT2D eigenvalue weighted by Crippen LogP contribution is 2.10. The second-order valence-corrected chi connectivity index (χ2v) is 7.47. The molecule has 0 bridgehead atoms. The van der Waals surface area contributed by atoms with Crippen molar-refractivity contribution in [2.75, 3.05) is 18.8 Å². The molecule has 0 heterocycles. The maximum Gasteiger partial charge on any atom is 0.188 e. The van der Waals surface area contributed by atoms with Crippen molar-refractivity contribution in [2.45, 2.75) is 31.6 Å². The Morgan fingerprint density at radius 1 is 1.29 bits per heavy atom. The number of aliphatic imine (C=N–C) groups is 1. The predicted molar refractivity (Wildman–Crippen MR) is 87.1 cm³/mol. The van der Waals surface area contributed by atoms with Crippen LogP contribution < -0.4 is 11.1 Å². The van der Waals surface area contributed by atoms with E-state index in [0.717, 1.165) is 13.0 Å². The fourth-order valence-corrected chi connectivity index (χ4v) is 3.06. The molecule has 118 valence electrons. The van der Waals surface area contributed by atoms with Crippen LogP contribution >= 0.6 is 0 Å². The Bertz CT molecular complexity index is 539. The lowest BCUT2D eigenvalue weighted by Gasteiger charge is -2.07. The molecule has 0 radical (unpaired) electrons. The van der Waals surface area contributed by atoms with Crippen molar-refractivity contribution in [2.24, 2.45) is 16.6 Å². The zero-order valence-corrected chi connectivity index (χ0v) is 13.6. The van der Waals surface area contributed by atoms with E-state index >= 15 is 0 Å². The molecule has 0 aliphatic rings. The Labute approximate surface area is 127 Å². The summed E-state index contributed by atoms with van der Waals surface area (Å²) in [5.74, 6) is 1.08. The zero-order chi connectivity index (χ0) is 15.7. The van der Waals surface area contributed by atoms with E-state index in [1.165, 1.54) is 0 Å². The van der Waals surface area contributed by atoms with Crippen LogP contribution in [0.25, 0.3) is 0 Å². The summed E-state index contributed by atoms with van der Waals surface area (Å²) in [6.45, 7) is 5.48. The number of sulfone groups is 1. The minimum atomic E-state index is -3.22. The summed E-state index contributed by atoms with van der Waals surface area (Å²) in [5, 5.41) is 3.02. The highest BCUT2D eigenvalue weighted by atomic mass is 32.2. The van der Waals surface area contributed by atoms with E-state index in [2.05, 4.69) is 24.2 Å². The molecule has 1 aromatic carbocycles. The number of nitrogens with one attached hydrogen (secondary N) is 1. The van der Waals surface area contributed by atoms with Crippen LogP contribution in [0.3, 0.4) is 0 Å². The van der Waals surface area contributed by atoms with Gasteiger partial charge in [-0.25, -0.2) is 8.42 Å². The van der Waals surface area contributed by atoms with Gasteiger partial charge in [-0.3, -0.25) is 4.99 Å². The molecule has 21 heavy (non-hydrogen) atoms. The fourth-order valence-electron chi connectivity index (χ4n) is 1.74. The van der Waals surface area contributed by atoms with E-state index in [1.54, 1.807) is 30.3 Å². The maximum atomic E-state index is 12.0. The zero-order valence-electron chi connectivity index (χ0n) is 12.7. The molecule has 3 N–H and O–H groups in total. The van der Waals surface area contributed by atoms with Crippen molar-refractivity contribution in [3.63, 3.8) is 0 Å². The van der Waals surface area contributed by atoms with Gasteiger partial charge < -0.3 is 11.1 Å². The Balaban J connectivity index is 2.33. The van der Waals surface area contributed by atoms with Crippen molar-refractivity contribution in [1.82, 2.24) is 5.32 Å². The molecule has 0 amide bonds. The Morgan fingerprint density at radius 2 is 1.95 bits per heavy atom. The third kappa shape index (κ3) is 7.13. The van der Waals surface area contributed by atoms with Crippen molar-refractivity contribution in [3.8, 4) is 0 Å². The minimum absolute atomic E-state index is 0.0831. The van der Waals surface area contributed by atoms with Crippen molar-refractivity contribution >= 4 is 15.8 Å². The van der Waals surface area contributed by atoms with E-state index < -0.39 is 9.84 Å². The molecule has 6 heteroatoms. The van der Waals surface area contributed by atoms with Gasteiger partial charge in [0.15, 0.2) is 15.8 Å². The molecule has 1 rings (SSSR count). The molecule has 0 aliphatic heterocycles. The molecule has 0 aliphatic carbocycles. The first-order valence-electron chi connectivity index (χ1n) is 7.23. The van der Waals surface area contributed by atoms with Crippen molar-refractivity contribution in [1.29, 1.82) is 0 Å².